The van der Waals surface area contributed by atoms with Crippen molar-refractivity contribution < 1.29 is 13.2 Å². The van der Waals surface area contributed by atoms with E-state index < -0.39 is 11.7 Å². The molecule has 1 aromatic heterocycles. The molecule has 9 heteroatoms. The molecule has 0 aliphatic heterocycles. The molecule has 5 nitrogen and oxygen atoms in total. The lowest BCUT2D eigenvalue weighted by atomic mass is 10.1. The first-order valence-electron chi connectivity index (χ1n) is 5.88. The van der Waals surface area contributed by atoms with Gasteiger partial charge in [-0.1, -0.05) is 12.1 Å². The number of nitrogens with two attached hydrogens (primary N) is 1. The van der Waals surface area contributed by atoms with Crippen LogP contribution in [0.1, 0.15) is 5.56 Å². The number of thioether (sulfide) groups is 1. The van der Waals surface area contributed by atoms with E-state index in [2.05, 4.69) is 20.2 Å². The second-order valence-electron chi connectivity index (χ2n) is 4.08. The minimum absolute atomic E-state index is 0.129. The third kappa shape index (κ3) is 3.13. The van der Waals surface area contributed by atoms with Crippen molar-refractivity contribution in [3.05, 3.63) is 41.2 Å². The van der Waals surface area contributed by atoms with Gasteiger partial charge in [-0.3, -0.25) is 5.84 Å². The Labute approximate surface area is 128 Å². The molecule has 0 unspecified atom stereocenters. The highest BCUT2D eigenvalue weighted by Crippen LogP contribution is 2.35. The Balaban J connectivity index is 2.51. The zero-order chi connectivity index (χ0) is 16.3. The lowest BCUT2D eigenvalue weighted by molar-refractivity contribution is -0.137. The van der Waals surface area contributed by atoms with Gasteiger partial charge in [0.25, 0.3) is 5.69 Å². The third-order valence-corrected chi connectivity index (χ3v) is 3.44. The van der Waals surface area contributed by atoms with Crippen LogP contribution in [0.15, 0.2) is 29.3 Å². The normalized spacial score (nSPS) is 11.1. The predicted octanol–water partition coefficient (Wildman–Crippen LogP) is 3.72. The van der Waals surface area contributed by atoms with Gasteiger partial charge in [0.05, 0.1) is 12.1 Å². The smallest absolute Gasteiger partial charge is 0.317 e. The van der Waals surface area contributed by atoms with Gasteiger partial charge < -0.3 is 5.43 Å². The van der Waals surface area contributed by atoms with Crippen LogP contribution in [0, 0.1) is 6.57 Å². The van der Waals surface area contributed by atoms with Crippen LogP contribution in [0.5, 0.6) is 0 Å². The number of nitrogens with zero attached hydrogens (tertiary/aromatic N) is 3. The Morgan fingerprint density at radius 3 is 2.32 bits per heavy atom. The van der Waals surface area contributed by atoms with E-state index in [9.17, 15) is 13.2 Å². The number of rotatable bonds is 3. The molecule has 2 rings (SSSR count). The maximum Gasteiger partial charge on any atom is 0.416 e. The molecule has 0 amide bonds. The van der Waals surface area contributed by atoms with E-state index in [0.717, 1.165) is 12.1 Å². The molecular weight excluding hydrogens is 315 g/mol. The Hall–Kier alpha value is -2.31. The second-order valence-corrected chi connectivity index (χ2v) is 4.88. The Morgan fingerprint density at radius 2 is 1.86 bits per heavy atom. The number of hydrazine groups is 1. The molecule has 0 saturated heterocycles. The Morgan fingerprint density at radius 1 is 1.23 bits per heavy atom. The van der Waals surface area contributed by atoms with Gasteiger partial charge in [-0.15, -0.1) is 11.8 Å². The summed E-state index contributed by atoms with van der Waals surface area (Å²) in [5.74, 6) is 5.66. The van der Waals surface area contributed by atoms with Gasteiger partial charge in [0.1, 0.15) is 5.03 Å². The largest absolute Gasteiger partial charge is 0.416 e. The van der Waals surface area contributed by atoms with Crippen molar-refractivity contribution in [3.63, 3.8) is 0 Å². The fourth-order valence-electron chi connectivity index (χ4n) is 1.72. The molecule has 0 atom stereocenters. The highest BCUT2D eigenvalue weighted by atomic mass is 32.2. The van der Waals surface area contributed by atoms with Gasteiger partial charge in [0.2, 0.25) is 0 Å². The number of hydrogen-bond acceptors (Lipinski definition) is 5. The summed E-state index contributed by atoms with van der Waals surface area (Å²) in [6.45, 7) is 7.12. The van der Waals surface area contributed by atoms with Gasteiger partial charge >= 0.3 is 6.18 Å². The molecule has 0 fully saturated rings. The molecule has 3 N–H and O–H groups in total. The van der Waals surface area contributed by atoms with Crippen molar-refractivity contribution in [2.24, 2.45) is 5.84 Å². The molecule has 2 aromatic rings. The molecule has 0 saturated carbocycles. The number of nitrogens with one attached hydrogen (secondary N) is 1. The number of benzene rings is 1. The third-order valence-electron chi connectivity index (χ3n) is 2.76. The maximum absolute atomic E-state index is 12.6. The number of alkyl halides is 3. The maximum atomic E-state index is 12.6. The molecule has 0 spiro atoms. The van der Waals surface area contributed by atoms with Gasteiger partial charge in [-0.05, 0) is 18.4 Å². The van der Waals surface area contributed by atoms with Crippen LogP contribution < -0.4 is 11.3 Å². The van der Waals surface area contributed by atoms with Crippen molar-refractivity contribution in [1.29, 1.82) is 0 Å². The minimum Gasteiger partial charge on any atom is -0.317 e. The summed E-state index contributed by atoms with van der Waals surface area (Å²) in [6, 6.07) is 4.46. The SMILES string of the molecule is [C-]#[N+]c1c(NN)nc(-c2ccc(C(F)(F)F)cc2)nc1SC. The number of anilines is 1. The summed E-state index contributed by atoms with van der Waals surface area (Å²) in [5.41, 5.74) is 2.13. The number of halogens is 3. The van der Waals surface area contributed by atoms with E-state index in [1.54, 1.807) is 6.26 Å². The van der Waals surface area contributed by atoms with Crippen molar-refractivity contribution in [1.82, 2.24) is 9.97 Å². The van der Waals surface area contributed by atoms with E-state index >= 15 is 0 Å². The highest BCUT2D eigenvalue weighted by molar-refractivity contribution is 7.98. The van der Waals surface area contributed by atoms with E-state index in [4.69, 9.17) is 12.4 Å². The quantitative estimate of drug-likeness (QED) is 0.296. The van der Waals surface area contributed by atoms with Gasteiger partial charge in [-0.25, -0.2) is 14.8 Å². The monoisotopic (exact) mass is 325 g/mol. The lowest BCUT2D eigenvalue weighted by Gasteiger charge is -2.10. The summed E-state index contributed by atoms with van der Waals surface area (Å²) >= 11 is 1.23. The summed E-state index contributed by atoms with van der Waals surface area (Å²) in [5, 5.41) is 0.396. The Kier molecular flexibility index (Phi) is 4.54. The van der Waals surface area contributed by atoms with Crippen LogP contribution in [-0.4, -0.2) is 16.2 Å². The minimum atomic E-state index is -4.40. The zero-order valence-electron chi connectivity index (χ0n) is 11.3. The molecule has 0 aliphatic rings. The summed E-state index contributed by atoms with van der Waals surface area (Å²) in [7, 11) is 0. The van der Waals surface area contributed by atoms with Crippen molar-refractivity contribution in [2.45, 2.75) is 11.2 Å². The molecule has 0 bridgehead atoms. The van der Waals surface area contributed by atoms with Crippen LogP contribution >= 0.6 is 11.8 Å². The lowest BCUT2D eigenvalue weighted by Crippen LogP contribution is -2.10. The predicted molar refractivity (Wildman–Crippen MR) is 78.3 cm³/mol. The van der Waals surface area contributed by atoms with Crippen LogP contribution in [0.25, 0.3) is 16.2 Å². The molecule has 1 aromatic carbocycles. The van der Waals surface area contributed by atoms with Crippen molar-refractivity contribution >= 4 is 23.3 Å². The molecule has 114 valence electrons. The zero-order valence-corrected chi connectivity index (χ0v) is 12.1. The first-order valence-corrected chi connectivity index (χ1v) is 7.11. The van der Waals surface area contributed by atoms with Gasteiger partial charge in [-0.2, -0.15) is 13.2 Å². The number of nitrogen functional groups attached to an aromatic ring is 1. The fourth-order valence-corrected chi connectivity index (χ4v) is 2.23. The van der Waals surface area contributed by atoms with Crippen LogP contribution in [0.4, 0.5) is 24.7 Å². The summed E-state index contributed by atoms with van der Waals surface area (Å²) < 4.78 is 37.7. The number of aromatic nitrogens is 2. The van der Waals surface area contributed by atoms with Gasteiger partial charge in [0.15, 0.2) is 11.6 Å². The van der Waals surface area contributed by atoms with E-state index in [1.165, 1.54) is 23.9 Å². The summed E-state index contributed by atoms with van der Waals surface area (Å²) in [6.07, 6.45) is -2.67. The van der Waals surface area contributed by atoms with E-state index in [-0.39, 0.29) is 17.3 Å². The average molecular weight is 325 g/mol. The van der Waals surface area contributed by atoms with Crippen molar-refractivity contribution in [2.75, 3.05) is 11.7 Å². The van der Waals surface area contributed by atoms with Crippen LogP contribution in [0.2, 0.25) is 0 Å². The molecule has 22 heavy (non-hydrogen) atoms. The first kappa shape index (κ1) is 16.1. The molecular formula is C13H10F3N5S. The van der Waals surface area contributed by atoms with Crippen LogP contribution in [-0.2, 0) is 6.18 Å². The second kappa shape index (κ2) is 6.21. The topological polar surface area (TPSA) is 68.2 Å². The summed E-state index contributed by atoms with van der Waals surface area (Å²) in [4.78, 5) is 11.6. The average Bonchev–Trinajstić information content (AvgIpc) is 2.52. The standard InChI is InChI=1S/C13H10F3N5S/c1-18-9-11(21-17)19-10(20-12(9)22-2)7-3-5-8(6-4-7)13(14,15)16/h3-6H,17H2,2H3,(H,19,20,21). The van der Waals surface area contributed by atoms with Gasteiger partial charge in [0, 0.05) is 5.56 Å². The highest BCUT2D eigenvalue weighted by Gasteiger charge is 2.30. The molecule has 0 radical (unpaired) electrons. The van der Waals surface area contributed by atoms with Crippen LogP contribution in [0.3, 0.4) is 0 Å². The number of hydrogen-bond donors (Lipinski definition) is 2. The van der Waals surface area contributed by atoms with E-state index in [0.29, 0.717) is 10.6 Å². The molecule has 1 heterocycles. The first-order chi connectivity index (χ1) is 10.4. The molecule has 0 aliphatic carbocycles. The van der Waals surface area contributed by atoms with E-state index in [1.807, 2.05) is 0 Å². The van der Waals surface area contributed by atoms with Crippen molar-refractivity contribution in [3.8, 4) is 11.4 Å². The fraction of sp³-hybridized carbons (Fsp3) is 0.154. The Bertz CT molecular complexity index is 697.